The van der Waals surface area contributed by atoms with Crippen LogP contribution >= 0.6 is 23.7 Å². The van der Waals surface area contributed by atoms with Crippen molar-refractivity contribution >= 4 is 35.4 Å². The van der Waals surface area contributed by atoms with Crippen molar-refractivity contribution < 1.29 is 9.59 Å². The van der Waals surface area contributed by atoms with Crippen molar-refractivity contribution in [1.29, 1.82) is 0 Å². The summed E-state index contributed by atoms with van der Waals surface area (Å²) in [7, 11) is 0. The number of hydrogen-bond acceptors (Lipinski definition) is 4. The molecule has 0 bridgehead atoms. The monoisotopic (exact) mass is 490 g/mol. The van der Waals surface area contributed by atoms with Crippen molar-refractivity contribution in [1.82, 2.24) is 10.3 Å². The quantitative estimate of drug-likeness (QED) is 0.306. The molecule has 174 valence electrons. The molecule has 0 spiro atoms. The van der Waals surface area contributed by atoms with Crippen LogP contribution in [0.25, 0.3) is 11.3 Å². The fourth-order valence-electron chi connectivity index (χ4n) is 4.01. The summed E-state index contributed by atoms with van der Waals surface area (Å²) in [6, 6.07) is 21.0. The molecule has 0 atom stereocenters. The Bertz CT molecular complexity index is 1270. The van der Waals surface area contributed by atoms with E-state index in [1.807, 2.05) is 68.6 Å². The number of hydrogen-bond donors (Lipinski definition) is 1. The van der Waals surface area contributed by atoms with Crippen LogP contribution in [0.2, 0.25) is 0 Å². The van der Waals surface area contributed by atoms with Gasteiger partial charge in [-0.3, -0.25) is 9.59 Å². The molecular formula is C28H27ClN2O2S. The molecule has 3 aromatic carbocycles. The topological polar surface area (TPSA) is 59.1 Å². The number of amides is 1. The maximum Gasteiger partial charge on any atom is 0.251 e. The fourth-order valence-corrected chi connectivity index (χ4v) is 4.82. The maximum atomic E-state index is 13.0. The number of carbonyl (C=O) groups is 2. The molecule has 4 rings (SSSR count). The smallest absolute Gasteiger partial charge is 0.251 e. The van der Waals surface area contributed by atoms with Gasteiger partial charge in [0, 0.05) is 40.6 Å². The number of rotatable bonds is 7. The van der Waals surface area contributed by atoms with E-state index in [4.69, 9.17) is 0 Å². The second-order valence-electron chi connectivity index (χ2n) is 8.18. The number of thiazole rings is 1. The SMILES string of the molecule is Cc1cc(C)c(C(=O)c2ccc(C(=O)NCCc3nc(-c4ccccc4)cs3)cc2)c(C)c1.Cl. The number of carbonyl (C=O) groups excluding carboxylic acids is 2. The first-order valence-corrected chi connectivity index (χ1v) is 11.8. The number of aryl methyl sites for hydroxylation is 3. The average Bonchev–Trinajstić information content (AvgIpc) is 3.28. The fraction of sp³-hybridized carbons (Fsp3) is 0.179. The molecule has 0 saturated carbocycles. The average molecular weight is 491 g/mol. The van der Waals surface area contributed by atoms with Gasteiger partial charge in [-0.15, -0.1) is 23.7 Å². The van der Waals surface area contributed by atoms with Crippen LogP contribution in [0.4, 0.5) is 0 Å². The molecule has 6 heteroatoms. The first-order chi connectivity index (χ1) is 15.9. The molecule has 1 N–H and O–H groups in total. The number of ketones is 1. The molecule has 0 fully saturated rings. The van der Waals surface area contributed by atoms with Gasteiger partial charge in [-0.1, -0.05) is 60.2 Å². The van der Waals surface area contributed by atoms with Crippen molar-refractivity contribution in [3.63, 3.8) is 0 Å². The third-order valence-corrected chi connectivity index (χ3v) is 6.47. The van der Waals surface area contributed by atoms with Crippen molar-refractivity contribution in [3.05, 3.63) is 110 Å². The van der Waals surface area contributed by atoms with Gasteiger partial charge in [-0.2, -0.15) is 0 Å². The highest BCUT2D eigenvalue weighted by atomic mass is 35.5. The van der Waals surface area contributed by atoms with Gasteiger partial charge in [-0.25, -0.2) is 4.98 Å². The lowest BCUT2D eigenvalue weighted by atomic mass is 9.93. The van der Waals surface area contributed by atoms with Gasteiger partial charge in [0.15, 0.2) is 5.78 Å². The van der Waals surface area contributed by atoms with Crippen LogP contribution in [0.3, 0.4) is 0 Å². The highest BCUT2D eigenvalue weighted by molar-refractivity contribution is 7.09. The minimum Gasteiger partial charge on any atom is -0.352 e. The predicted molar refractivity (Wildman–Crippen MR) is 141 cm³/mol. The Morgan fingerprint density at radius 2 is 1.50 bits per heavy atom. The lowest BCUT2D eigenvalue weighted by molar-refractivity contribution is 0.0952. The number of nitrogens with one attached hydrogen (secondary N) is 1. The molecule has 4 nitrogen and oxygen atoms in total. The van der Waals surface area contributed by atoms with Gasteiger partial charge < -0.3 is 5.32 Å². The molecule has 0 aliphatic heterocycles. The largest absolute Gasteiger partial charge is 0.352 e. The van der Waals surface area contributed by atoms with Crippen molar-refractivity contribution in [2.24, 2.45) is 0 Å². The molecule has 1 amide bonds. The van der Waals surface area contributed by atoms with Crippen molar-refractivity contribution in [3.8, 4) is 11.3 Å². The van der Waals surface area contributed by atoms with Crippen LogP contribution in [0, 0.1) is 20.8 Å². The van der Waals surface area contributed by atoms with Crippen LogP contribution in [0.15, 0.2) is 72.1 Å². The van der Waals surface area contributed by atoms with Gasteiger partial charge in [0.1, 0.15) is 0 Å². The van der Waals surface area contributed by atoms with Crippen molar-refractivity contribution in [2.45, 2.75) is 27.2 Å². The van der Waals surface area contributed by atoms with Gasteiger partial charge in [0.2, 0.25) is 0 Å². The molecular weight excluding hydrogens is 464 g/mol. The minimum absolute atomic E-state index is 0. The van der Waals surface area contributed by atoms with Crippen LogP contribution in [-0.4, -0.2) is 23.2 Å². The van der Waals surface area contributed by atoms with Gasteiger partial charge >= 0.3 is 0 Å². The second kappa shape index (κ2) is 11.2. The van der Waals surface area contributed by atoms with Crippen LogP contribution < -0.4 is 5.32 Å². The molecule has 1 aromatic heterocycles. The molecule has 0 aliphatic rings. The summed E-state index contributed by atoms with van der Waals surface area (Å²) in [5.41, 5.74) is 6.98. The lowest BCUT2D eigenvalue weighted by Crippen LogP contribution is -2.25. The van der Waals surface area contributed by atoms with Gasteiger partial charge in [0.25, 0.3) is 5.91 Å². The van der Waals surface area contributed by atoms with Crippen LogP contribution in [0.5, 0.6) is 0 Å². The predicted octanol–water partition coefficient (Wildman–Crippen LogP) is 6.36. The number of nitrogens with zero attached hydrogens (tertiary/aromatic N) is 1. The summed E-state index contributed by atoms with van der Waals surface area (Å²) in [5.74, 6) is -0.175. The van der Waals surface area contributed by atoms with E-state index in [1.165, 1.54) is 0 Å². The Morgan fingerprint density at radius 1 is 0.882 bits per heavy atom. The Morgan fingerprint density at radius 3 is 2.15 bits per heavy atom. The molecule has 0 saturated heterocycles. The van der Waals surface area contributed by atoms with E-state index in [1.54, 1.807) is 35.6 Å². The van der Waals surface area contributed by atoms with E-state index >= 15 is 0 Å². The maximum absolute atomic E-state index is 13.0. The van der Waals surface area contributed by atoms with E-state index in [9.17, 15) is 9.59 Å². The Labute approximate surface area is 210 Å². The van der Waals surface area contributed by atoms with Gasteiger partial charge in [-0.05, 0) is 44.0 Å². The normalized spacial score (nSPS) is 10.4. The summed E-state index contributed by atoms with van der Waals surface area (Å²) in [6.45, 7) is 6.45. The summed E-state index contributed by atoms with van der Waals surface area (Å²) in [5, 5.41) is 5.97. The molecule has 0 aliphatic carbocycles. The summed E-state index contributed by atoms with van der Waals surface area (Å²) < 4.78 is 0. The number of aromatic nitrogens is 1. The molecule has 4 aromatic rings. The van der Waals surface area contributed by atoms with Gasteiger partial charge in [0.05, 0.1) is 10.7 Å². The Balaban J connectivity index is 0.00000324. The second-order valence-corrected chi connectivity index (χ2v) is 9.12. The molecule has 0 radical (unpaired) electrons. The molecule has 34 heavy (non-hydrogen) atoms. The zero-order chi connectivity index (χ0) is 23.4. The highest BCUT2D eigenvalue weighted by Gasteiger charge is 2.16. The summed E-state index contributed by atoms with van der Waals surface area (Å²) in [4.78, 5) is 30.2. The third kappa shape index (κ3) is 5.79. The first-order valence-electron chi connectivity index (χ1n) is 10.9. The summed E-state index contributed by atoms with van der Waals surface area (Å²) >= 11 is 1.60. The minimum atomic E-state index is -0.156. The van der Waals surface area contributed by atoms with E-state index in [2.05, 4.69) is 10.3 Å². The zero-order valence-electron chi connectivity index (χ0n) is 19.4. The van der Waals surface area contributed by atoms with E-state index in [0.29, 0.717) is 24.1 Å². The molecule has 0 unspecified atom stereocenters. The Kier molecular flexibility index (Phi) is 8.37. The highest BCUT2D eigenvalue weighted by Crippen LogP contribution is 2.22. The van der Waals surface area contributed by atoms with E-state index < -0.39 is 0 Å². The zero-order valence-corrected chi connectivity index (χ0v) is 21.1. The van der Waals surface area contributed by atoms with Crippen LogP contribution in [0.1, 0.15) is 48.0 Å². The third-order valence-electron chi connectivity index (χ3n) is 5.56. The van der Waals surface area contributed by atoms with E-state index in [0.717, 1.165) is 38.5 Å². The number of benzene rings is 3. The summed E-state index contributed by atoms with van der Waals surface area (Å²) in [6.07, 6.45) is 0.672. The van der Waals surface area contributed by atoms with Crippen molar-refractivity contribution in [2.75, 3.05) is 6.54 Å². The lowest BCUT2D eigenvalue weighted by Gasteiger charge is -2.11. The van der Waals surface area contributed by atoms with Crippen LogP contribution in [-0.2, 0) is 6.42 Å². The Hall–Kier alpha value is -3.28. The van der Waals surface area contributed by atoms with E-state index in [-0.39, 0.29) is 24.1 Å². The number of halogens is 1. The molecule has 1 heterocycles. The first kappa shape index (κ1) is 25.3. The standard InChI is InChI=1S/C28H26N2O2S.ClH/c1-18-15-19(2)26(20(3)16-18)27(31)22-9-11-23(12-10-22)28(32)29-14-13-25-30-24(17-33-25)21-7-5-4-6-8-21;/h4-12,15-17H,13-14H2,1-3H3,(H,29,32);1H.